The van der Waals surface area contributed by atoms with Crippen molar-refractivity contribution < 1.29 is 5.11 Å². The third-order valence-electron chi connectivity index (χ3n) is 8.02. The number of aromatic amines is 1. The number of benzene rings is 3. The fraction of sp³-hybridized carbons (Fsp3) is 0.310. The van der Waals surface area contributed by atoms with E-state index in [0.29, 0.717) is 11.7 Å². The minimum absolute atomic E-state index is 0.0301. The first-order chi connectivity index (χ1) is 16.1. The number of aromatic nitrogens is 1. The Balaban J connectivity index is 1.36. The zero-order valence-electron chi connectivity index (χ0n) is 18.7. The van der Waals surface area contributed by atoms with E-state index < -0.39 is 0 Å². The van der Waals surface area contributed by atoms with E-state index in [-0.39, 0.29) is 5.41 Å². The molecule has 2 unspecified atom stereocenters. The molecule has 1 aliphatic heterocycles. The van der Waals surface area contributed by atoms with Crippen LogP contribution in [0.25, 0.3) is 10.9 Å². The van der Waals surface area contributed by atoms with Gasteiger partial charge in [0, 0.05) is 35.1 Å². The molecule has 168 valence electrons. The standard InChI is InChI=1S/C29H29ClN2O/c30-25-10-5-11-26-28(25)24-17-22-19-32(14-12-20-6-2-1-3-7-20)15-13-29(22,18-27(24)31-26)21-8-4-9-23(33)16-21/h1-11,16,22,31,33H,12-15,17-19H2. The van der Waals surface area contributed by atoms with Gasteiger partial charge >= 0.3 is 0 Å². The van der Waals surface area contributed by atoms with Gasteiger partial charge in [0.1, 0.15) is 5.75 Å². The Kier molecular flexibility index (Phi) is 5.20. The van der Waals surface area contributed by atoms with Crippen molar-refractivity contribution in [3.8, 4) is 5.75 Å². The second-order valence-electron chi connectivity index (χ2n) is 9.82. The average molecular weight is 457 g/mol. The minimum Gasteiger partial charge on any atom is -0.508 e. The first-order valence-electron chi connectivity index (χ1n) is 12.0. The molecule has 1 fully saturated rings. The molecule has 6 rings (SSSR count). The zero-order valence-corrected chi connectivity index (χ0v) is 19.5. The van der Waals surface area contributed by atoms with Crippen molar-refractivity contribution in [2.24, 2.45) is 5.92 Å². The molecule has 0 amide bonds. The van der Waals surface area contributed by atoms with E-state index >= 15 is 0 Å². The van der Waals surface area contributed by atoms with Crippen LogP contribution in [0.5, 0.6) is 5.75 Å². The molecule has 1 saturated heterocycles. The third-order valence-corrected chi connectivity index (χ3v) is 8.34. The quantitative estimate of drug-likeness (QED) is 0.388. The van der Waals surface area contributed by atoms with E-state index in [4.69, 9.17) is 11.6 Å². The Morgan fingerprint density at radius 2 is 1.88 bits per heavy atom. The van der Waals surface area contributed by atoms with Gasteiger partial charge < -0.3 is 15.0 Å². The van der Waals surface area contributed by atoms with Gasteiger partial charge in [-0.3, -0.25) is 0 Å². The van der Waals surface area contributed by atoms with Crippen LogP contribution >= 0.6 is 11.6 Å². The molecule has 0 spiro atoms. The average Bonchev–Trinajstić information content (AvgIpc) is 3.20. The Morgan fingerprint density at radius 1 is 1.03 bits per heavy atom. The van der Waals surface area contributed by atoms with Gasteiger partial charge in [0.15, 0.2) is 0 Å². The Hall–Kier alpha value is -2.75. The summed E-state index contributed by atoms with van der Waals surface area (Å²) < 4.78 is 0. The monoisotopic (exact) mass is 456 g/mol. The van der Waals surface area contributed by atoms with Gasteiger partial charge in [0.25, 0.3) is 0 Å². The SMILES string of the molecule is Oc1cccc(C23CCN(CCc4ccccc4)CC2Cc2c([nH]c4cccc(Cl)c24)C3)c1. The number of rotatable bonds is 4. The van der Waals surface area contributed by atoms with Gasteiger partial charge in [-0.2, -0.15) is 0 Å². The second-order valence-corrected chi connectivity index (χ2v) is 10.2. The van der Waals surface area contributed by atoms with Crippen LogP contribution in [0.1, 0.15) is 28.8 Å². The molecule has 2 N–H and O–H groups in total. The number of phenols is 1. The summed E-state index contributed by atoms with van der Waals surface area (Å²) in [6.07, 6.45) is 4.15. The minimum atomic E-state index is 0.0301. The van der Waals surface area contributed by atoms with E-state index in [1.54, 1.807) is 6.07 Å². The van der Waals surface area contributed by atoms with Crippen LogP contribution in [0.2, 0.25) is 5.02 Å². The summed E-state index contributed by atoms with van der Waals surface area (Å²) in [6.45, 7) is 3.23. The summed E-state index contributed by atoms with van der Waals surface area (Å²) in [7, 11) is 0. The number of fused-ring (bicyclic) bond motifs is 4. The highest BCUT2D eigenvalue weighted by Crippen LogP contribution is 2.50. The predicted molar refractivity (Wildman–Crippen MR) is 135 cm³/mol. The number of H-pyrrole nitrogens is 1. The van der Waals surface area contributed by atoms with Gasteiger partial charge in [-0.25, -0.2) is 0 Å². The maximum atomic E-state index is 10.3. The maximum Gasteiger partial charge on any atom is 0.115 e. The van der Waals surface area contributed by atoms with Crippen molar-refractivity contribution in [2.45, 2.75) is 31.1 Å². The van der Waals surface area contributed by atoms with Crippen LogP contribution in [-0.2, 0) is 24.7 Å². The maximum absolute atomic E-state index is 10.3. The second kappa shape index (κ2) is 8.23. The van der Waals surface area contributed by atoms with Crippen molar-refractivity contribution >= 4 is 22.5 Å². The molecule has 1 aliphatic carbocycles. The first kappa shape index (κ1) is 20.8. The Morgan fingerprint density at radius 3 is 2.73 bits per heavy atom. The molecule has 1 aromatic heterocycles. The normalized spacial score (nSPS) is 22.8. The molecule has 3 aromatic carbocycles. The van der Waals surface area contributed by atoms with E-state index in [9.17, 15) is 5.11 Å². The van der Waals surface area contributed by atoms with Crippen LogP contribution in [0.4, 0.5) is 0 Å². The van der Waals surface area contributed by atoms with Crippen molar-refractivity contribution in [2.75, 3.05) is 19.6 Å². The molecule has 33 heavy (non-hydrogen) atoms. The van der Waals surface area contributed by atoms with Crippen molar-refractivity contribution in [3.05, 3.63) is 100 Å². The number of hydrogen-bond donors (Lipinski definition) is 2. The highest BCUT2D eigenvalue weighted by Gasteiger charge is 2.48. The van der Waals surface area contributed by atoms with Gasteiger partial charge in [0.05, 0.1) is 5.02 Å². The summed E-state index contributed by atoms with van der Waals surface area (Å²) in [5, 5.41) is 12.3. The van der Waals surface area contributed by atoms with E-state index in [2.05, 4.69) is 52.3 Å². The van der Waals surface area contributed by atoms with E-state index in [1.165, 1.54) is 27.8 Å². The van der Waals surface area contributed by atoms with Crippen LogP contribution in [0.15, 0.2) is 72.8 Å². The lowest BCUT2D eigenvalue weighted by molar-refractivity contribution is 0.0822. The Bertz CT molecular complexity index is 1300. The lowest BCUT2D eigenvalue weighted by Crippen LogP contribution is -2.54. The molecule has 2 atom stereocenters. The number of halogens is 1. The van der Waals surface area contributed by atoms with Crippen LogP contribution in [0.3, 0.4) is 0 Å². The van der Waals surface area contributed by atoms with E-state index in [0.717, 1.165) is 55.9 Å². The van der Waals surface area contributed by atoms with Gasteiger partial charge in [0.2, 0.25) is 0 Å². The summed E-state index contributed by atoms with van der Waals surface area (Å²) in [5.74, 6) is 0.837. The highest BCUT2D eigenvalue weighted by molar-refractivity contribution is 6.35. The molecular weight excluding hydrogens is 428 g/mol. The topological polar surface area (TPSA) is 39.3 Å². The van der Waals surface area contributed by atoms with Crippen molar-refractivity contribution in [3.63, 3.8) is 0 Å². The number of nitrogens with zero attached hydrogens (tertiary/aromatic N) is 1. The first-order valence-corrected chi connectivity index (χ1v) is 12.3. The number of piperidine rings is 1. The molecule has 0 saturated carbocycles. The number of aromatic hydroxyl groups is 1. The molecule has 0 radical (unpaired) electrons. The van der Waals surface area contributed by atoms with Gasteiger partial charge in [-0.05, 0) is 79.1 Å². The van der Waals surface area contributed by atoms with Crippen LogP contribution in [0, 0.1) is 5.92 Å². The zero-order chi connectivity index (χ0) is 22.4. The summed E-state index contributed by atoms with van der Waals surface area (Å²) in [6, 6.07) is 24.9. The predicted octanol–water partition coefficient (Wildman–Crippen LogP) is 6.13. The third kappa shape index (κ3) is 3.64. The van der Waals surface area contributed by atoms with Gasteiger partial charge in [-0.1, -0.05) is 60.1 Å². The highest BCUT2D eigenvalue weighted by atomic mass is 35.5. The van der Waals surface area contributed by atoms with Crippen molar-refractivity contribution in [1.82, 2.24) is 9.88 Å². The summed E-state index contributed by atoms with van der Waals surface area (Å²) >= 11 is 6.67. The smallest absolute Gasteiger partial charge is 0.115 e. The lowest BCUT2D eigenvalue weighted by atomic mass is 9.58. The number of hydrogen-bond acceptors (Lipinski definition) is 2. The molecule has 4 aromatic rings. The lowest BCUT2D eigenvalue weighted by Gasteiger charge is -2.51. The van der Waals surface area contributed by atoms with Crippen LogP contribution < -0.4 is 0 Å². The largest absolute Gasteiger partial charge is 0.508 e. The van der Waals surface area contributed by atoms with E-state index in [1.807, 2.05) is 24.3 Å². The van der Waals surface area contributed by atoms with Gasteiger partial charge in [-0.15, -0.1) is 0 Å². The molecule has 3 nitrogen and oxygen atoms in total. The summed E-state index contributed by atoms with van der Waals surface area (Å²) in [5.41, 5.74) is 6.54. The van der Waals surface area contributed by atoms with Crippen LogP contribution in [-0.4, -0.2) is 34.6 Å². The molecular formula is C29H29ClN2O. The molecule has 2 aliphatic rings. The fourth-order valence-corrected chi connectivity index (χ4v) is 6.62. The van der Waals surface area contributed by atoms with Crippen molar-refractivity contribution in [1.29, 1.82) is 0 Å². The molecule has 4 heteroatoms. The molecule has 0 bridgehead atoms. The summed E-state index contributed by atoms with van der Waals surface area (Å²) in [4.78, 5) is 6.34. The molecule has 2 heterocycles. The number of phenolic OH excluding ortho intramolecular Hbond substituents is 1. The number of likely N-dealkylation sites (tertiary alicyclic amines) is 1. The fourth-order valence-electron chi connectivity index (χ4n) is 6.33. The Labute approximate surface area is 200 Å². The number of nitrogens with one attached hydrogen (secondary N) is 1.